The van der Waals surface area contributed by atoms with E-state index in [2.05, 4.69) is 0 Å². The number of imide groups is 1. The zero-order valence-electron chi connectivity index (χ0n) is 18.4. The number of aryl methyl sites for hydroxylation is 2. The molecular formula is C27H25ClN2O2. The molecule has 4 nitrogen and oxygen atoms in total. The summed E-state index contributed by atoms with van der Waals surface area (Å²) < 4.78 is 0. The Hall–Kier alpha value is -3.37. The Morgan fingerprint density at radius 3 is 2.19 bits per heavy atom. The first-order valence-electron chi connectivity index (χ1n) is 10.6. The smallest absolute Gasteiger partial charge is 0.278 e. The Kier molecular flexibility index (Phi) is 6.15. The number of amides is 2. The van der Waals surface area contributed by atoms with Crippen LogP contribution in [0.5, 0.6) is 0 Å². The highest BCUT2D eigenvalue weighted by Crippen LogP contribution is 2.34. The van der Waals surface area contributed by atoms with Crippen molar-refractivity contribution in [2.45, 2.75) is 20.3 Å². The van der Waals surface area contributed by atoms with E-state index in [-0.39, 0.29) is 11.8 Å². The molecule has 0 aliphatic carbocycles. The Morgan fingerprint density at radius 2 is 1.53 bits per heavy atom. The number of carbonyl (C=O) groups excluding carboxylic acids is 2. The summed E-state index contributed by atoms with van der Waals surface area (Å²) in [5.74, 6) is -0.534. The number of anilines is 1. The average molecular weight is 445 g/mol. The van der Waals surface area contributed by atoms with Gasteiger partial charge in [-0.2, -0.15) is 0 Å². The third kappa shape index (κ3) is 4.19. The van der Waals surface area contributed by atoms with Crippen LogP contribution >= 0.6 is 11.6 Å². The largest absolute Gasteiger partial charge is 0.339 e. The van der Waals surface area contributed by atoms with E-state index in [9.17, 15) is 9.59 Å². The highest BCUT2D eigenvalue weighted by Gasteiger charge is 2.40. The molecule has 0 atom stereocenters. The molecule has 3 aromatic rings. The number of hydrogen-bond acceptors (Lipinski definition) is 3. The molecule has 5 heteroatoms. The monoisotopic (exact) mass is 444 g/mol. The third-order valence-electron chi connectivity index (χ3n) is 5.96. The molecule has 1 aliphatic heterocycles. The highest BCUT2D eigenvalue weighted by atomic mass is 35.5. The van der Waals surface area contributed by atoms with E-state index in [0.29, 0.717) is 29.3 Å². The maximum absolute atomic E-state index is 13.5. The van der Waals surface area contributed by atoms with Crippen LogP contribution in [0, 0.1) is 13.8 Å². The molecule has 0 N–H and O–H groups in total. The van der Waals surface area contributed by atoms with Crippen LogP contribution < -0.4 is 4.90 Å². The lowest BCUT2D eigenvalue weighted by atomic mass is 9.99. The zero-order chi connectivity index (χ0) is 22.8. The van der Waals surface area contributed by atoms with Gasteiger partial charge in [0.15, 0.2) is 0 Å². The number of likely N-dealkylation sites (N-methyl/N-ethyl adjacent to an activating group) is 1. The van der Waals surface area contributed by atoms with Crippen molar-refractivity contribution in [2.75, 3.05) is 18.5 Å². The molecule has 0 saturated heterocycles. The van der Waals surface area contributed by atoms with Crippen LogP contribution in [0.4, 0.5) is 5.69 Å². The summed E-state index contributed by atoms with van der Waals surface area (Å²) >= 11 is 5.98. The summed E-state index contributed by atoms with van der Waals surface area (Å²) in [4.78, 5) is 30.2. The molecule has 162 valence electrons. The molecule has 0 saturated carbocycles. The summed E-state index contributed by atoms with van der Waals surface area (Å²) in [6.45, 7) is 4.35. The van der Waals surface area contributed by atoms with Gasteiger partial charge >= 0.3 is 0 Å². The van der Waals surface area contributed by atoms with E-state index in [1.54, 1.807) is 0 Å². The molecule has 2 amide bonds. The summed E-state index contributed by atoms with van der Waals surface area (Å²) in [5.41, 5.74) is 5.71. The van der Waals surface area contributed by atoms with Crippen molar-refractivity contribution in [1.29, 1.82) is 0 Å². The van der Waals surface area contributed by atoms with Crippen LogP contribution in [-0.2, 0) is 16.0 Å². The van der Waals surface area contributed by atoms with Gasteiger partial charge in [-0.15, -0.1) is 0 Å². The van der Waals surface area contributed by atoms with Crippen molar-refractivity contribution in [1.82, 2.24) is 4.90 Å². The molecule has 0 spiro atoms. The number of benzene rings is 3. The number of rotatable bonds is 6. The molecule has 0 fully saturated rings. The van der Waals surface area contributed by atoms with Crippen LogP contribution in [0.2, 0.25) is 5.02 Å². The summed E-state index contributed by atoms with van der Waals surface area (Å²) in [6, 6.07) is 23.0. The van der Waals surface area contributed by atoms with Crippen molar-refractivity contribution < 1.29 is 9.59 Å². The zero-order valence-corrected chi connectivity index (χ0v) is 19.2. The number of para-hydroxylation sites is 1. The van der Waals surface area contributed by atoms with Crippen molar-refractivity contribution in [3.05, 3.63) is 106 Å². The maximum Gasteiger partial charge on any atom is 0.278 e. The van der Waals surface area contributed by atoms with E-state index in [1.807, 2.05) is 98.6 Å². The summed E-state index contributed by atoms with van der Waals surface area (Å²) in [6.07, 6.45) is 0.567. The lowest BCUT2D eigenvalue weighted by Crippen LogP contribution is -2.35. The topological polar surface area (TPSA) is 40.6 Å². The van der Waals surface area contributed by atoms with Crippen molar-refractivity contribution in [3.63, 3.8) is 0 Å². The minimum atomic E-state index is -0.274. The molecular weight excluding hydrogens is 420 g/mol. The van der Waals surface area contributed by atoms with Gasteiger partial charge in [-0.05, 0) is 66.8 Å². The normalized spacial score (nSPS) is 13.8. The number of hydrogen-bond donors (Lipinski definition) is 0. The fourth-order valence-corrected chi connectivity index (χ4v) is 4.03. The second-order valence-corrected chi connectivity index (χ2v) is 8.49. The first kappa shape index (κ1) is 21.8. The van der Waals surface area contributed by atoms with Crippen molar-refractivity contribution in [3.8, 4) is 0 Å². The molecule has 0 aromatic heterocycles. The fraction of sp³-hybridized carbons (Fsp3) is 0.185. The van der Waals surface area contributed by atoms with Gasteiger partial charge in [0, 0.05) is 24.3 Å². The number of nitrogens with zero attached hydrogens (tertiary/aromatic N) is 2. The van der Waals surface area contributed by atoms with Crippen LogP contribution in [0.25, 0.3) is 5.57 Å². The highest BCUT2D eigenvalue weighted by molar-refractivity contribution is 6.36. The second kappa shape index (κ2) is 9.01. The van der Waals surface area contributed by atoms with Gasteiger partial charge in [0.1, 0.15) is 5.70 Å². The minimum Gasteiger partial charge on any atom is -0.339 e. The van der Waals surface area contributed by atoms with Gasteiger partial charge in [0.25, 0.3) is 11.8 Å². The van der Waals surface area contributed by atoms with Gasteiger partial charge in [-0.25, -0.2) is 0 Å². The SMILES string of the molecule is Cc1ccc(C2=C(N(C)c3ccccc3)C(=O)N(CCc3ccc(Cl)cc3)C2=O)cc1C. The van der Waals surface area contributed by atoms with Crippen LogP contribution in [0.1, 0.15) is 22.3 Å². The van der Waals surface area contributed by atoms with Crippen LogP contribution in [0.3, 0.4) is 0 Å². The van der Waals surface area contributed by atoms with Gasteiger partial charge in [-0.3, -0.25) is 14.5 Å². The molecule has 4 rings (SSSR count). The predicted molar refractivity (Wildman–Crippen MR) is 130 cm³/mol. The average Bonchev–Trinajstić information content (AvgIpc) is 3.05. The maximum atomic E-state index is 13.5. The summed E-state index contributed by atoms with van der Waals surface area (Å²) in [7, 11) is 1.83. The molecule has 0 radical (unpaired) electrons. The fourth-order valence-electron chi connectivity index (χ4n) is 3.91. The van der Waals surface area contributed by atoms with Crippen LogP contribution in [-0.4, -0.2) is 30.3 Å². The second-order valence-electron chi connectivity index (χ2n) is 8.06. The molecule has 32 heavy (non-hydrogen) atoms. The minimum absolute atomic E-state index is 0.259. The molecule has 3 aromatic carbocycles. The van der Waals surface area contributed by atoms with Gasteiger partial charge in [0.05, 0.1) is 5.57 Å². The molecule has 1 aliphatic rings. The van der Waals surface area contributed by atoms with Crippen molar-refractivity contribution in [2.24, 2.45) is 0 Å². The lowest BCUT2D eigenvalue weighted by Gasteiger charge is -2.21. The van der Waals surface area contributed by atoms with Crippen molar-refractivity contribution >= 4 is 34.7 Å². The Balaban J connectivity index is 1.72. The lowest BCUT2D eigenvalue weighted by molar-refractivity contribution is -0.136. The Morgan fingerprint density at radius 1 is 0.844 bits per heavy atom. The van der Waals surface area contributed by atoms with E-state index < -0.39 is 0 Å². The summed E-state index contributed by atoms with van der Waals surface area (Å²) in [5, 5.41) is 0.660. The van der Waals surface area contributed by atoms with Gasteiger partial charge in [-0.1, -0.05) is 60.1 Å². The standard InChI is InChI=1S/C27H25ClN2O2/c1-18-9-12-21(17-19(18)2)24-25(29(3)23-7-5-4-6-8-23)27(32)30(26(24)31)16-15-20-10-13-22(28)14-11-20/h4-14,17H,15-16H2,1-3H3. The van der Waals surface area contributed by atoms with Gasteiger partial charge in [0.2, 0.25) is 0 Å². The van der Waals surface area contributed by atoms with Gasteiger partial charge < -0.3 is 4.90 Å². The number of halogens is 1. The van der Waals surface area contributed by atoms with Crippen LogP contribution in [0.15, 0.2) is 78.5 Å². The Bertz CT molecular complexity index is 1200. The predicted octanol–water partition coefficient (Wildman–Crippen LogP) is 5.42. The first-order chi connectivity index (χ1) is 15.4. The third-order valence-corrected chi connectivity index (χ3v) is 6.21. The number of carbonyl (C=O) groups is 2. The quantitative estimate of drug-likeness (QED) is 0.477. The van der Waals surface area contributed by atoms with E-state index in [4.69, 9.17) is 11.6 Å². The molecule has 0 bridgehead atoms. The molecule has 1 heterocycles. The first-order valence-corrected chi connectivity index (χ1v) is 11.0. The van der Waals surface area contributed by atoms with E-state index in [1.165, 1.54) is 4.90 Å². The van der Waals surface area contributed by atoms with E-state index in [0.717, 1.165) is 27.9 Å². The molecule has 0 unspecified atom stereocenters. The van der Waals surface area contributed by atoms with E-state index >= 15 is 0 Å². The Labute approximate surface area is 193 Å².